The largest absolute Gasteiger partial charge is 0.389 e. The first-order valence-corrected chi connectivity index (χ1v) is 5.53. The summed E-state index contributed by atoms with van der Waals surface area (Å²) in [6.45, 7) is 1.29. The minimum atomic E-state index is -0.879. The summed E-state index contributed by atoms with van der Waals surface area (Å²) >= 11 is 0. The van der Waals surface area contributed by atoms with E-state index in [9.17, 15) is 19.1 Å². The molecule has 0 bridgehead atoms. The monoisotopic (exact) mass is 252 g/mol. The van der Waals surface area contributed by atoms with Crippen molar-refractivity contribution in [3.63, 3.8) is 0 Å². The van der Waals surface area contributed by atoms with Crippen LogP contribution in [0.3, 0.4) is 0 Å². The molecule has 96 valence electrons. The van der Waals surface area contributed by atoms with E-state index < -0.39 is 23.7 Å². The van der Waals surface area contributed by atoms with Crippen LogP contribution in [0.2, 0.25) is 0 Å². The van der Waals surface area contributed by atoms with Crippen LogP contribution in [0.4, 0.5) is 10.1 Å². The maximum Gasteiger partial charge on any atom is 0.246 e. The van der Waals surface area contributed by atoms with E-state index in [1.165, 1.54) is 24.0 Å². The highest BCUT2D eigenvalue weighted by Gasteiger charge is 2.27. The zero-order chi connectivity index (χ0) is 13.3. The molecule has 1 atom stereocenters. The van der Waals surface area contributed by atoms with Crippen molar-refractivity contribution in [3.8, 4) is 0 Å². The smallest absolute Gasteiger partial charge is 0.246 e. The van der Waals surface area contributed by atoms with Gasteiger partial charge >= 0.3 is 0 Å². The fraction of sp³-hybridized carbons (Fsp3) is 0.333. The number of anilines is 1. The van der Waals surface area contributed by atoms with Crippen LogP contribution < -0.4 is 10.2 Å². The SMILES string of the molecule is C[C@H](O)c1cccc(F)c1N1CC(=O)NC(=O)C1. The second-order valence-corrected chi connectivity index (χ2v) is 4.18. The van der Waals surface area contributed by atoms with E-state index in [1.807, 2.05) is 0 Å². The van der Waals surface area contributed by atoms with E-state index in [2.05, 4.69) is 5.32 Å². The van der Waals surface area contributed by atoms with Gasteiger partial charge in [-0.05, 0) is 13.0 Å². The highest BCUT2D eigenvalue weighted by Crippen LogP contribution is 2.29. The van der Waals surface area contributed by atoms with Crippen LogP contribution in [-0.2, 0) is 9.59 Å². The van der Waals surface area contributed by atoms with Crippen LogP contribution in [0.5, 0.6) is 0 Å². The van der Waals surface area contributed by atoms with Gasteiger partial charge in [-0.15, -0.1) is 0 Å². The molecule has 1 aromatic rings. The molecule has 18 heavy (non-hydrogen) atoms. The molecule has 1 heterocycles. The number of aliphatic hydroxyl groups excluding tert-OH is 1. The van der Waals surface area contributed by atoms with E-state index in [1.54, 1.807) is 6.07 Å². The summed E-state index contributed by atoms with van der Waals surface area (Å²) in [6.07, 6.45) is -0.879. The summed E-state index contributed by atoms with van der Waals surface area (Å²) in [7, 11) is 0. The van der Waals surface area contributed by atoms with Crippen molar-refractivity contribution in [1.82, 2.24) is 5.32 Å². The van der Waals surface area contributed by atoms with Crippen LogP contribution in [0.15, 0.2) is 18.2 Å². The molecule has 2 N–H and O–H groups in total. The predicted molar refractivity (Wildman–Crippen MR) is 62.4 cm³/mol. The Labute approximate surface area is 103 Å². The van der Waals surface area contributed by atoms with Gasteiger partial charge in [0, 0.05) is 5.56 Å². The molecule has 0 aliphatic carbocycles. The third-order valence-corrected chi connectivity index (χ3v) is 2.73. The van der Waals surface area contributed by atoms with Gasteiger partial charge < -0.3 is 10.0 Å². The number of piperazine rings is 1. The number of hydrogen-bond donors (Lipinski definition) is 2. The highest BCUT2D eigenvalue weighted by atomic mass is 19.1. The van der Waals surface area contributed by atoms with Gasteiger partial charge in [-0.2, -0.15) is 0 Å². The number of aliphatic hydroxyl groups is 1. The van der Waals surface area contributed by atoms with Crippen molar-refractivity contribution in [1.29, 1.82) is 0 Å². The molecule has 6 heteroatoms. The molecule has 0 unspecified atom stereocenters. The molecule has 0 radical (unpaired) electrons. The van der Waals surface area contributed by atoms with Crippen molar-refractivity contribution in [2.45, 2.75) is 13.0 Å². The minimum Gasteiger partial charge on any atom is -0.389 e. The minimum absolute atomic E-state index is 0.105. The topological polar surface area (TPSA) is 69.6 Å². The lowest BCUT2D eigenvalue weighted by atomic mass is 10.1. The number of amides is 2. The predicted octanol–water partition coefficient (Wildman–Crippen LogP) is 0.342. The molecule has 1 aliphatic heterocycles. The van der Waals surface area contributed by atoms with Gasteiger partial charge in [0.2, 0.25) is 11.8 Å². The van der Waals surface area contributed by atoms with Crippen LogP contribution >= 0.6 is 0 Å². The molecule has 1 fully saturated rings. The highest BCUT2D eigenvalue weighted by molar-refractivity contribution is 6.02. The molecule has 1 saturated heterocycles. The van der Waals surface area contributed by atoms with E-state index in [4.69, 9.17) is 0 Å². The zero-order valence-corrected chi connectivity index (χ0v) is 9.81. The number of imide groups is 1. The van der Waals surface area contributed by atoms with Gasteiger partial charge in [0.25, 0.3) is 0 Å². The Morgan fingerprint density at radius 3 is 2.50 bits per heavy atom. The van der Waals surface area contributed by atoms with Crippen LogP contribution in [0, 0.1) is 5.82 Å². The number of nitrogens with zero attached hydrogens (tertiary/aromatic N) is 1. The van der Waals surface area contributed by atoms with Crippen molar-refractivity contribution < 1.29 is 19.1 Å². The number of carbonyl (C=O) groups is 2. The Morgan fingerprint density at radius 2 is 1.94 bits per heavy atom. The molecule has 5 nitrogen and oxygen atoms in total. The average molecular weight is 252 g/mol. The lowest BCUT2D eigenvalue weighted by Gasteiger charge is -2.30. The number of para-hydroxylation sites is 1. The van der Waals surface area contributed by atoms with Crippen LogP contribution in [-0.4, -0.2) is 30.0 Å². The van der Waals surface area contributed by atoms with Gasteiger partial charge in [0.1, 0.15) is 5.82 Å². The Balaban J connectivity index is 2.43. The van der Waals surface area contributed by atoms with Gasteiger partial charge in [0.15, 0.2) is 0 Å². The molecule has 2 rings (SSSR count). The summed E-state index contributed by atoms with van der Waals surface area (Å²) < 4.78 is 13.9. The molecule has 0 aromatic heterocycles. The van der Waals surface area contributed by atoms with Crippen molar-refractivity contribution in [2.24, 2.45) is 0 Å². The second kappa shape index (κ2) is 4.73. The van der Waals surface area contributed by atoms with Gasteiger partial charge in [-0.3, -0.25) is 14.9 Å². The Bertz CT molecular complexity index is 486. The quantitative estimate of drug-likeness (QED) is 0.745. The molecule has 2 amide bonds. The number of benzene rings is 1. The van der Waals surface area contributed by atoms with Gasteiger partial charge in [-0.25, -0.2) is 4.39 Å². The number of hydrogen-bond acceptors (Lipinski definition) is 4. The fourth-order valence-electron chi connectivity index (χ4n) is 2.00. The molecule has 1 aliphatic rings. The summed E-state index contributed by atoms with van der Waals surface area (Å²) in [5.41, 5.74) is 0.466. The lowest BCUT2D eigenvalue weighted by molar-refractivity contribution is -0.130. The normalized spacial score (nSPS) is 17.6. The zero-order valence-electron chi connectivity index (χ0n) is 9.81. The van der Waals surface area contributed by atoms with Crippen molar-refractivity contribution in [2.75, 3.05) is 18.0 Å². The van der Waals surface area contributed by atoms with Crippen LogP contribution in [0.1, 0.15) is 18.6 Å². The number of halogens is 1. The third-order valence-electron chi connectivity index (χ3n) is 2.73. The molecule has 0 spiro atoms. The Kier molecular flexibility index (Phi) is 3.29. The van der Waals surface area contributed by atoms with E-state index in [0.29, 0.717) is 5.56 Å². The molecular weight excluding hydrogens is 239 g/mol. The third kappa shape index (κ3) is 2.33. The first-order chi connectivity index (χ1) is 8.49. The average Bonchev–Trinajstić information content (AvgIpc) is 2.26. The molecule has 1 aromatic carbocycles. The molecular formula is C12H13FN2O3. The summed E-state index contributed by atoms with van der Waals surface area (Å²) in [5, 5.41) is 11.8. The summed E-state index contributed by atoms with van der Waals surface area (Å²) in [4.78, 5) is 23.9. The second-order valence-electron chi connectivity index (χ2n) is 4.18. The fourth-order valence-corrected chi connectivity index (χ4v) is 2.00. The number of rotatable bonds is 2. The maximum absolute atomic E-state index is 13.9. The van der Waals surface area contributed by atoms with E-state index >= 15 is 0 Å². The van der Waals surface area contributed by atoms with E-state index in [0.717, 1.165) is 0 Å². The Hall–Kier alpha value is -1.95. The number of carbonyl (C=O) groups excluding carboxylic acids is 2. The van der Waals surface area contributed by atoms with Crippen LogP contribution in [0.25, 0.3) is 0 Å². The standard InChI is InChI=1S/C12H13FN2O3/c1-7(16)8-3-2-4-9(13)12(8)15-5-10(17)14-11(18)6-15/h2-4,7,16H,5-6H2,1H3,(H,14,17,18)/t7-/m0/s1. The summed E-state index contributed by atoms with van der Waals surface area (Å²) in [5.74, 6) is -1.52. The Morgan fingerprint density at radius 1 is 1.33 bits per heavy atom. The van der Waals surface area contributed by atoms with E-state index in [-0.39, 0.29) is 18.8 Å². The lowest BCUT2D eigenvalue weighted by Crippen LogP contribution is -2.52. The first-order valence-electron chi connectivity index (χ1n) is 5.53. The molecule has 0 saturated carbocycles. The van der Waals surface area contributed by atoms with Crippen molar-refractivity contribution in [3.05, 3.63) is 29.6 Å². The first kappa shape index (κ1) is 12.5. The summed E-state index contributed by atoms with van der Waals surface area (Å²) in [6, 6.07) is 4.28. The van der Waals surface area contributed by atoms with Crippen molar-refractivity contribution >= 4 is 17.5 Å². The number of nitrogens with one attached hydrogen (secondary N) is 1. The van der Waals surface area contributed by atoms with Gasteiger partial charge in [-0.1, -0.05) is 12.1 Å². The van der Waals surface area contributed by atoms with Gasteiger partial charge in [0.05, 0.1) is 24.9 Å². The maximum atomic E-state index is 13.9.